The van der Waals surface area contributed by atoms with E-state index in [9.17, 15) is 0 Å². The normalized spacial score (nSPS) is 19.2. The maximum absolute atomic E-state index is 5.49. The predicted octanol–water partition coefficient (Wildman–Crippen LogP) is 2.33. The molecule has 0 spiro atoms. The molecule has 1 fully saturated rings. The number of hydrogen-bond donors (Lipinski definition) is 1. The molecule has 3 heteroatoms. The van der Waals surface area contributed by atoms with E-state index in [4.69, 9.17) is 4.74 Å². The first-order valence-electron chi connectivity index (χ1n) is 6.83. The van der Waals surface area contributed by atoms with E-state index in [0.717, 1.165) is 32.7 Å². The van der Waals surface area contributed by atoms with Gasteiger partial charge in [-0.05, 0) is 31.5 Å². The highest BCUT2D eigenvalue weighted by molar-refractivity contribution is 5.55. The number of nitrogens with zero attached hydrogens (tertiary/aromatic N) is 1. The molecule has 1 aromatic carbocycles. The fourth-order valence-electron chi connectivity index (χ4n) is 2.48. The molecule has 1 aliphatic heterocycles. The number of rotatable bonds is 5. The number of aryl methyl sites for hydroxylation is 1. The molecule has 0 aromatic heterocycles. The first-order chi connectivity index (χ1) is 8.72. The van der Waals surface area contributed by atoms with Crippen LogP contribution in [0.15, 0.2) is 18.2 Å². The average molecular weight is 248 g/mol. The van der Waals surface area contributed by atoms with Crippen LogP contribution in [0.3, 0.4) is 0 Å². The molecule has 18 heavy (non-hydrogen) atoms. The van der Waals surface area contributed by atoms with Crippen LogP contribution in [0.5, 0.6) is 0 Å². The van der Waals surface area contributed by atoms with Gasteiger partial charge in [0.15, 0.2) is 0 Å². The summed E-state index contributed by atoms with van der Waals surface area (Å²) in [6, 6.07) is 7.23. The summed E-state index contributed by atoms with van der Waals surface area (Å²) < 4.78 is 5.49. The summed E-state index contributed by atoms with van der Waals surface area (Å²) in [6.07, 6.45) is 1.13. The second-order valence-corrected chi connectivity index (χ2v) is 5.04. The Morgan fingerprint density at radius 1 is 1.44 bits per heavy atom. The van der Waals surface area contributed by atoms with Gasteiger partial charge in [-0.3, -0.25) is 0 Å². The minimum Gasteiger partial charge on any atom is -0.379 e. The minimum atomic E-state index is 0.521. The van der Waals surface area contributed by atoms with Gasteiger partial charge in [-0.2, -0.15) is 0 Å². The molecule has 0 radical (unpaired) electrons. The summed E-state index contributed by atoms with van der Waals surface area (Å²) in [6.45, 7) is 7.98. The zero-order chi connectivity index (χ0) is 13.0. The molecule has 1 atom stereocenters. The Morgan fingerprint density at radius 2 is 2.28 bits per heavy atom. The van der Waals surface area contributed by atoms with Crippen molar-refractivity contribution in [3.05, 3.63) is 29.3 Å². The fraction of sp³-hybridized carbons (Fsp3) is 0.600. The van der Waals surface area contributed by atoms with Gasteiger partial charge < -0.3 is 15.0 Å². The number of anilines is 1. The van der Waals surface area contributed by atoms with E-state index in [1.54, 1.807) is 0 Å². The van der Waals surface area contributed by atoms with E-state index in [-0.39, 0.29) is 0 Å². The van der Waals surface area contributed by atoms with Crippen LogP contribution >= 0.6 is 0 Å². The molecule has 1 aliphatic rings. The quantitative estimate of drug-likeness (QED) is 0.865. The second kappa shape index (κ2) is 6.21. The van der Waals surface area contributed by atoms with Crippen molar-refractivity contribution in [3.8, 4) is 0 Å². The molecular weight excluding hydrogens is 224 g/mol. The third-order valence-electron chi connectivity index (χ3n) is 3.63. The van der Waals surface area contributed by atoms with Crippen molar-refractivity contribution < 1.29 is 4.74 Å². The number of ether oxygens (including phenoxy) is 1. The molecule has 2 rings (SSSR count). The summed E-state index contributed by atoms with van der Waals surface area (Å²) in [5.74, 6) is 0. The van der Waals surface area contributed by atoms with Crippen molar-refractivity contribution in [1.29, 1.82) is 0 Å². The van der Waals surface area contributed by atoms with Gasteiger partial charge in [-0.1, -0.05) is 24.6 Å². The Bertz CT molecular complexity index is 386. The highest BCUT2D eigenvalue weighted by Crippen LogP contribution is 2.25. The highest BCUT2D eigenvalue weighted by Gasteiger charge is 2.22. The number of benzene rings is 1. The SMILES string of the molecule is CCNCc1cc(C)ccc1N(C)C1CCOC1. The number of nitrogens with one attached hydrogen (secondary N) is 1. The van der Waals surface area contributed by atoms with E-state index in [1.807, 2.05) is 0 Å². The monoisotopic (exact) mass is 248 g/mol. The Labute approximate surface area is 110 Å². The lowest BCUT2D eigenvalue weighted by atomic mass is 10.1. The zero-order valence-corrected chi connectivity index (χ0v) is 11.7. The smallest absolute Gasteiger partial charge is 0.0670 e. The van der Waals surface area contributed by atoms with Crippen molar-refractivity contribution >= 4 is 5.69 Å². The van der Waals surface area contributed by atoms with E-state index in [1.165, 1.54) is 16.8 Å². The van der Waals surface area contributed by atoms with Gasteiger partial charge >= 0.3 is 0 Å². The summed E-state index contributed by atoms with van der Waals surface area (Å²) in [4.78, 5) is 2.37. The van der Waals surface area contributed by atoms with Crippen LogP contribution in [0.1, 0.15) is 24.5 Å². The molecule has 1 saturated heterocycles. The number of likely N-dealkylation sites (N-methyl/N-ethyl adjacent to an activating group) is 1. The second-order valence-electron chi connectivity index (χ2n) is 5.04. The van der Waals surface area contributed by atoms with E-state index in [2.05, 4.69) is 49.3 Å². The Hall–Kier alpha value is -1.06. The van der Waals surface area contributed by atoms with Gasteiger partial charge in [0.2, 0.25) is 0 Å². The Morgan fingerprint density at radius 3 is 2.94 bits per heavy atom. The third kappa shape index (κ3) is 3.03. The highest BCUT2D eigenvalue weighted by atomic mass is 16.5. The van der Waals surface area contributed by atoms with E-state index >= 15 is 0 Å². The minimum absolute atomic E-state index is 0.521. The molecule has 1 heterocycles. The maximum Gasteiger partial charge on any atom is 0.0670 e. The van der Waals surface area contributed by atoms with Gasteiger partial charge in [0.1, 0.15) is 0 Å². The summed E-state index contributed by atoms with van der Waals surface area (Å²) >= 11 is 0. The average Bonchev–Trinajstić information content (AvgIpc) is 2.89. The van der Waals surface area contributed by atoms with Crippen molar-refractivity contribution in [1.82, 2.24) is 5.32 Å². The topological polar surface area (TPSA) is 24.5 Å². The fourth-order valence-corrected chi connectivity index (χ4v) is 2.48. The van der Waals surface area contributed by atoms with Gasteiger partial charge in [0.25, 0.3) is 0 Å². The molecule has 0 saturated carbocycles. The van der Waals surface area contributed by atoms with Gasteiger partial charge in [0, 0.05) is 25.9 Å². The van der Waals surface area contributed by atoms with Crippen LogP contribution in [0.4, 0.5) is 5.69 Å². The molecule has 100 valence electrons. The predicted molar refractivity (Wildman–Crippen MR) is 76.2 cm³/mol. The van der Waals surface area contributed by atoms with Crippen LogP contribution in [0.25, 0.3) is 0 Å². The van der Waals surface area contributed by atoms with Gasteiger partial charge in [-0.15, -0.1) is 0 Å². The van der Waals surface area contributed by atoms with Gasteiger partial charge in [-0.25, -0.2) is 0 Å². The first-order valence-corrected chi connectivity index (χ1v) is 6.83. The maximum atomic E-state index is 5.49. The van der Waals surface area contributed by atoms with Gasteiger partial charge in [0.05, 0.1) is 12.6 Å². The zero-order valence-electron chi connectivity index (χ0n) is 11.7. The van der Waals surface area contributed by atoms with Crippen molar-refractivity contribution in [2.75, 3.05) is 31.7 Å². The van der Waals surface area contributed by atoms with Crippen LogP contribution in [0, 0.1) is 6.92 Å². The van der Waals surface area contributed by atoms with E-state index < -0.39 is 0 Å². The number of hydrogen-bond acceptors (Lipinski definition) is 3. The molecular formula is C15H24N2O. The molecule has 0 aliphatic carbocycles. The molecule has 0 bridgehead atoms. The molecule has 0 amide bonds. The van der Waals surface area contributed by atoms with Crippen LogP contribution in [-0.2, 0) is 11.3 Å². The van der Waals surface area contributed by atoms with Crippen molar-refractivity contribution in [3.63, 3.8) is 0 Å². The van der Waals surface area contributed by atoms with Crippen LogP contribution < -0.4 is 10.2 Å². The van der Waals surface area contributed by atoms with Crippen LogP contribution in [0.2, 0.25) is 0 Å². The Balaban J connectivity index is 2.18. The largest absolute Gasteiger partial charge is 0.379 e. The van der Waals surface area contributed by atoms with Crippen molar-refractivity contribution in [2.45, 2.75) is 32.9 Å². The molecule has 1 unspecified atom stereocenters. The van der Waals surface area contributed by atoms with Crippen LogP contribution in [-0.4, -0.2) is 32.8 Å². The Kier molecular flexibility index (Phi) is 4.61. The van der Waals surface area contributed by atoms with E-state index in [0.29, 0.717) is 6.04 Å². The first kappa shape index (κ1) is 13.4. The summed E-state index contributed by atoms with van der Waals surface area (Å²) in [7, 11) is 2.18. The third-order valence-corrected chi connectivity index (χ3v) is 3.63. The van der Waals surface area contributed by atoms with Crippen molar-refractivity contribution in [2.24, 2.45) is 0 Å². The lowest BCUT2D eigenvalue weighted by Crippen LogP contribution is -2.33. The lowest BCUT2D eigenvalue weighted by molar-refractivity contribution is 0.193. The molecule has 1 aromatic rings. The standard InChI is InChI=1S/C15H24N2O/c1-4-16-10-13-9-12(2)5-6-15(13)17(3)14-7-8-18-11-14/h5-6,9,14,16H,4,7-8,10-11H2,1-3H3. The summed E-state index contributed by atoms with van der Waals surface area (Å²) in [5, 5.41) is 3.42. The lowest BCUT2D eigenvalue weighted by Gasteiger charge is -2.28. The molecule has 3 nitrogen and oxygen atoms in total. The summed E-state index contributed by atoms with van der Waals surface area (Å²) in [5.41, 5.74) is 4.03. The molecule has 1 N–H and O–H groups in total.